The molecule has 2 aromatic rings. The minimum atomic E-state index is 0.461. The van der Waals surface area contributed by atoms with Crippen LogP contribution >= 0.6 is 0 Å². The number of rotatable bonds is 10. The fraction of sp³-hybridized carbons (Fsp3) is 0.632. The Balaban J connectivity index is 2.41. The number of aromatic nitrogens is 3. The zero-order chi connectivity index (χ0) is 19.1. The number of hydrogen-bond acceptors (Lipinski definition) is 6. The smallest absolute Gasteiger partial charge is 0.151 e. The summed E-state index contributed by atoms with van der Waals surface area (Å²) in [4.78, 5) is 14.7. The van der Waals surface area contributed by atoms with Gasteiger partial charge in [0.15, 0.2) is 5.82 Å². The van der Waals surface area contributed by atoms with Crippen LogP contribution in [-0.2, 0) is 35.6 Å². The van der Waals surface area contributed by atoms with Crippen LogP contribution < -0.4 is 5.73 Å². The Labute approximate surface area is 155 Å². The van der Waals surface area contributed by atoms with E-state index in [0.717, 1.165) is 54.1 Å². The van der Waals surface area contributed by atoms with Gasteiger partial charge < -0.3 is 19.9 Å². The Bertz CT molecular complexity index is 763. The summed E-state index contributed by atoms with van der Waals surface area (Å²) in [6.45, 7) is 12.5. The zero-order valence-electron chi connectivity index (χ0n) is 16.6. The molecule has 0 spiro atoms. The van der Waals surface area contributed by atoms with Crippen molar-refractivity contribution in [3.63, 3.8) is 0 Å². The predicted octanol–water partition coefficient (Wildman–Crippen LogP) is 3.48. The van der Waals surface area contributed by atoms with Crippen molar-refractivity contribution in [2.45, 2.75) is 67.0 Å². The molecule has 0 atom stereocenters. The summed E-state index contributed by atoms with van der Waals surface area (Å²) >= 11 is 0. The largest absolute Gasteiger partial charge is 0.396 e. The summed E-state index contributed by atoms with van der Waals surface area (Å²) in [6.07, 6.45) is 2.57. The average Bonchev–Trinajstić information content (AvgIpc) is 2.98. The van der Waals surface area contributed by atoms with E-state index in [4.69, 9.17) is 20.3 Å². The Morgan fingerprint density at radius 3 is 2.54 bits per heavy atom. The molecule has 0 aliphatic carbocycles. The molecule has 0 fully saturated rings. The molecule has 0 aliphatic heterocycles. The van der Waals surface area contributed by atoms with Crippen molar-refractivity contribution < 1.29 is 9.57 Å². The summed E-state index contributed by atoms with van der Waals surface area (Å²) in [5, 5.41) is 3.99. The van der Waals surface area contributed by atoms with Crippen molar-refractivity contribution in [3.05, 3.63) is 17.1 Å². The molecular formula is C19H31N5O2. The molecule has 2 N–H and O–H groups in total. The monoisotopic (exact) mass is 361 g/mol. The molecule has 2 heterocycles. The van der Waals surface area contributed by atoms with Crippen LogP contribution in [0.25, 0.3) is 11.0 Å². The van der Waals surface area contributed by atoms with E-state index in [1.54, 1.807) is 0 Å². The lowest BCUT2D eigenvalue weighted by atomic mass is 10.1. The van der Waals surface area contributed by atoms with Gasteiger partial charge >= 0.3 is 0 Å². The molecule has 0 unspecified atom stereocenters. The molecule has 2 rings (SSSR count). The summed E-state index contributed by atoms with van der Waals surface area (Å²) < 4.78 is 7.84. The number of nitrogens with zero attached hydrogens (tertiary/aromatic N) is 4. The second kappa shape index (κ2) is 9.52. The lowest BCUT2D eigenvalue weighted by Gasteiger charge is -2.13. The quantitative estimate of drug-likeness (QED) is 0.398. The third-order valence-corrected chi connectivity index (χ3v) is 4.17. The van der Waals surface area contributed by atoms with Crippen LogP contribution in [0.4, 0.5) is 5.82 Å². The number of nitrogen functional groups attached to an aromatic ring is 1. The minimum Gasteiger partial charge on any atom is -0.396 e. The van der Waals surface area contributed by atoms with Crippen LogP contribution in [0.2, 0.25) is 0 Å². The number of hydrogen-bond donors (Lipinski definition) is 1. The third kappa shape index (κ3) is 4.52. The fourth-order valence-corrected chi connectivity index (χ4v) is 3.06. The van der Waals surface area contributed by atoms with E-state index in [1.807, 2.05) is 20.8 Å². The van der Waals surface area contributed by atoms with E-state index in [2.05, 4.69) is 28.6 Å². The molecule has 7 nitrogen and oxygen atoms in total. The lowest BCUT2D eigenvalue weighted by molar-refractivity contribution is 0.122. The fourth-order valence-electron chi connectivity index (χ4n) is 3.06. The number of anilines is 1. The third-order valence-electron chi connectivity index (χ3n) is 4.17. The Morgan fingerprint density at radius 1 is 1.15 bits per heavy atom. The first-order valence-corrected chi connectivity index (χ1v) is 9.40. The van der Waals surface area contributed by atoms with Gasteiger partial charge in [-0.25, -0.2) is 9.97 Å². The van der Waals surface area contributed by atoms with Gasteiger partial charge in [0.05, 0.1) is 11.2 Å². The number of pyridine rings is 1. The van der Waals surface area contributed by atoms with Crippen LogP contribution in [-0.4, -0.2) is 33.5 Å². The number of ether oxygens (including phenoxy) is 1. The first kappa shape index (κ1) is 20.2. The number of oxime groups is 1. The van der Waals surface area contributed by atoms with E-state index in [-0.39, 0.29) is 0 Å². The normalized spacial score (nSPS) is 11.1. The van der Waals surface area contributed by atoms with Crippen LogP contribution in [0.3, 0.4) is 0 Å². The van der Waals surface area contributed by atoms with E-state index >= 15 is 0 Å². The molecule has 0 radical (unpaired) electrons. The number of nitrogens with two attached hydrogens (primary N) is 1. The van der Waals surface area contributed by atoms with Gasteiger partial charge in [-0.05, 0) is 39.2 Å². The van der Waals surface area contributed by atoms with Crippen molar-refractivity contribution in [2.24, 2.45) is 5.16 Å². The Morgan fingerprint density at radius 2 is 1.92 bits per heavy atom. The van der Waals surface area contributed by atoms with Crippen molar-refractivity contribution >= 4 is 22.6 Å². The Hall–Kier alpha value is -2.15. The summed E-state index contributed by atoms with van der Waals surface area (Å²) in [5.74, 6) is 1.38. The van der Waals surface area contributed by atoms with Gasteiger partial charge in [-0.1, -0.05) is 19.0 Å². The highest BCUT2D eigenvalue weighted by Gasteiger charge is 2.19. The zero-order valence-corrected chi connectivity index (χ0v) is 16.6. The van der Waals surface area contributed by atoms with Gasteiger partial charge in [0.1, 0.15) is 24.6 Å². The van der Waals surface area contributed by atoms with Gasteiger partial charge in [-0.15, -0.1) is 0 Å². The highest BCUT2D eigenvalue weighted by Crippen LogP contribution is 2.28. The first-order valence-electron chi connectivity index (χ1n) is 9.40. The van der Waals surface area contributed by atoms with Gasteiger partial charge in [0.25, 0.3) is 0 Å². The maximum atomic E-state index is 6.21. The summed E-state index contributed by atoms with van der Waals surface area (Å²) in [7, 11) is 0. The van der Waals surface area contributed by atoms with Crippen molar-refractivity contribution in [1.29, 1.82) is 0 Å². The van der Waals surface area contributed by atoms with Gasteiger partial charge in [-0.3, -0.25) is 0 Å². The SMILES string of the molecule is CCOCc1nc2c(N)nc(CC)c(CC)c2n1CCCON=C(C)C. The van der Waals surface area contributed by atoms with Gasteiger partial charge in [-0.2, -0.15) is 0 Å². The molecule has 0 aromatic carbocycles. The maximum absolute atomic E-state index is 6.21. The topological polar surface area (TPSA) is 87.6 Å². The second-order valence-corrected chi connectivity index (χ2v) is 6.37. The predicted molar refractivity (Wildman–Crippen MR) is 105 cm³/mol. The van der Waals surface area contributed by atoms with Crippen LogP contribution in [0.1, 0.15) is 58.1 Å². The molecule has 7 heteroatoms. The Kier molecular flexibility index (Phi) is 7.38. The first-order chi connectivity index (χ1) is 12.5. The van der Waals surface area contributed by atoms with Crippen molar-refractivity contribution in [2.75, 3.05) is 18.9 Å². The molecule has 0 saturated heterocycles. The summed E-state index contributed by atoms with van der Waals surface area (Å²) in [5.41, 5.74) is 11.2. The average molecular weight is 361 g/mol. The summed E-state index contributed by atoms with van der Waals surface area (Å²) in [6, 6.07) is 0. The number of fused-ring (bicyclic) bond motifs is 1. The molecule has 0 bridgehead atoms. The van der Waals surface area contributed by atoms with E-state index < -0.39 is 0 Å². The van der Waals surface area contributed by atoms with E-state index in [1.165, 1.54) is 5.56 Å². The minimum absolute atomic E-state index is 0.461. The van der Waals surface area contributed by atoms with E-state index in [0.29, 0.717) is 25.6 Å². The van der Waals surface area contributed by atoms with Crippen LogP contribution in [0, 0.1) is 0 Å². The van der Waals surface area contributed by atoms with Crippen molar-refractivity contribution in [1.82, 2.24) is 14.5 Å². The highest BCUT2D eigenvalue weighted by molar-refractivity contribution is 5.89. The molecule has 0 aliphatic rings. The standard InChI is InChI=1S/C19H31N5O2/c1-6-14-15(7-2)21-19(20)17-18(14)24(16(22-17)12-25-8-3)10-9-11-26-23-13(4)5/h6-12H2,1-5H3,(H2,20,21). The second-order valence-electron chi connectivity index (χ2n) is 6.37. The lowest BCUT2D eigenvalue weighted by Crippen LogP contribution is -2.10. The molecule has 0 saturated carbocycles. The molecule has 2 aromatic heterocycles. The molecule has 26 heavy (non-hydrogen) atoms. The number of aryl methyl sites for hydroxylation is 3. The van der Waals surface area contributed by atoms with Crippen molar-refractivity contribution in [3.8, 4) is 0 Å². The van der Waals surface area contributed by atoms with Gasteiger partial charge in [0.2, 0.25) is 0 Å². The van der Waals surface area contributed by atoms with E-state index in [9.17, 15) is 0 Å². The molecule has 144 valence electrons. The highest BCUT2D eigenvalue weighted by atomic mass is 16.6. The molecule has 0 amide bonds. The maximum Gasteiger partial charge on any atom is 0.151 e. The number of imidazole rings is 1. The van der Waals surface area contributed by atoms with Gasteiger partial charge in [0, 0.05) is 25.3 Å². The molecular weight excluding hydrogens is 330 g/mol. The van der Waals surface area contributed by atoms with Crippen LogP contribution in [0.15, 0.2) is 5.16 Å². The van der Waals surface area contributed by atoms with Crippen LogP contribution in [0.5, 0.6) is 0 Å².